The fourth-order valence-corrected chi connectivity index (χ4v) is 2.51. The number of pyridine rings is 1. The first-order valence-electron chi connectivity index (χ1n) is 6.14. The van der Waals surface area contributed by atoms with Crippen molar-refractivity contribution in [3.05, 3.63) is 17.3 Å². The van der Waals surface area contributed by atoms with E-state index in [4.69, 9.17) is 22.1 Å². The molecule has 0 radical (unpaired) electrons. The first-order chi connectivity index (χ1) is 8.06. The SMILES string of the molecule is CC1CCC(Oc2ncc(N)cc2Cl)CC1C. The predicted molar refractivity (Wildman–Crippen MR) is 70.3 cm³/mol. The third-order valence-electron chi connectivity index (χ3n) is 3.66. The third-order valence-corrected chi connectivity index (χ3v) is 3.93. The Labute approximate surface area is 107 Å². The number of ether oxygens (including phenoxy) is 1. The molecule has 2 N–H and O–H groups in total. The summed E-state index contributed by atoms with van der Waals surface area (Å²) in [6.07, 6.45) is 5.17. The average molecular weight is 255 g/mol. The van der Waals surface area contributed by atoms with E-state index in [2.05, 4.69) is 18.8 Å². The van der Waals surface area contributed by atoms with Gasteiger partial charge in [0.15, 0.2) is 0 Å². The second kappa shape index (κ2) is 5.13. The molecule has 94 valence electrons. The van der Waals surface area contributed by atoms with E-state index in [9.17, 15) is 0 Å². The van der Waals surface area contributed by atoms with Crippen molar-refractivity contribution in [1.82, 2.24) is 4.98 Å². The maximum absolute atomic E-state index is 6.05. The van der Waals surface area contributed by atoms with Crippen LogP contribution in [0.5, 0.6) is 5.88 Å². The fraction of sp³-hybridized carbons (Fsp3) is 0.615. The molecule has 1 aliphatic rings. The molecule has 0 amide bonds. The van der Waals surface area contributed by atoms with Gasteiger partial charge in [0.25, 0.3) is 0 Å². The summed E-state index contributed by atoms with van der Waals surface area (Å²) in [5.41, 5.74) is 6.16. The van der Waals surface area contributed by atoms with E-state index in [1.165, 1.54) is 6.42 Å². The van der Waals surface area contributed by atoms with Gasteiger partial charge in [-0.3, -0.25) is 0 Å². The number of nitrogens with two attached hydrogens (primary N) is 1. The van der Waals surface area contributed by atoms with Crippen molar-refractivity contribution in [2.45, 2.75) is 39.2 Å². The molecular weight excluding hydrogens is 236 g/mol. The minimum atomic E-state index is 0.231. The van der Waals surface area contributed by atoms with Crippen molar-refractivity contribution in [3.8, 4) is 5.88 Å². The molecule has 3 atom stereocenters. The van der Waals surface area contributed by atoms with Crippen LogP contribution in [0.3, 0.4) is 0 Å². The maximum atomic E-state index is 6.05. The summed E-state index contributed by atoms with van der Waals surface area (Å²) in [5.74, 6) is 1.98. The van der Waals surface area contributed by atoms with Gasteiger partial charge in [-0.25, -0.2) is 4.98 Å². The number of rotatable bonds is 2. The van der Waals surface area contributed by atoms with Crippen molar-refractivity contribution < 1.29 is 4.74 Å². The second-order valence-electron chi connectivity index (χ2n) is 5.06. The molecule has 17 heavy (non-hydrogen) atoms. The number of aromatic nitrogens is 1. The lowest BCUT2D eigenvalue weighted by molar-refractivity contribution is 0.0966. The van der Waals surface area contributed by atoms with Gasteiger partial charge in [-0.1, -0.05) is 25.4 Å². The zero-order chi connectivity index (χ0) is 12.4. The highest BCUT2D eigenvalue weighted by atomic mass is 35.5. The normalized spacial score (nSPS) is 29.0. The van der Waals surface area contributed by atoms with Crippen LogP contribution in [0.25, 0.3) is 0 Å². The van der Waals surface area contributed by atoms with E-state index >= 15 is 0 Å². The Morgan fingerprint density at radius 1 is 1.35 bits per heavy atom. The fourth-order valence-electron chi connectivity index (χ4n) is 2.29. The number of nitrogen functional groups attached to an aromatic ring is 1. The lowest BCUT2D eigenvalue weighted by atomic mass is 9.80. The monoisotopic (exact) mass is 254 g/mol. The van der Waals surface area contributed by atoms with E-state index in [1.807, 2.05) is 0 Å². The van der Waals surface area contributed by atoms with Crippen LogP contribution in [0.15, 0.2) is 12.3 Å². The molecule has 0 spiro atoms. The largest absolute Gasteiger partial charge is 0.473 e. The van der Waals surface area contributed by atoms with E-state index in [1.54, 1.807) is 12.3 Å². The van der Waals surface area contributed by atoms with Crippen molar-refractivity contribution >= 4 is 17.3 Å². The molecule has 3 nitrogen and oxygen atoms in total. The van der Waals surface area contributed by atoms with Crippen LogP contribution in [0.1, 0.15) is 33.1 Å². The quantitative estimate of drug-likeness (QED) is 0.879. The Morgan fingerprint density at radius 3 is 2.76 bits per heavy atom. The number of hydrogen-bond donors (Lipinski definition) is 1. The van der Waals surface area contributed by atoms with Gasteiger partial charge in [0.1, 0.15) is 11.1 Å². The standard InChI is InChI=1S/C13H19ClN2O/c1-8-3-4-11(5-9(8)2)17-13-12(14)6-10(15)7-16-13/h6-9,11H,3-5,15H2,1-2H3. The van der Waals surface area contributed by atoms with Gasteiger partial charge in [0.2, 0.25) is 5.88 Å². The van der Waals surface area contributed by atoms with Gasteiger partial charge in [0.05, 0.1) is 11.9 Å². The maximum Gasteiger partial charge on any atom is 0.232 e. The summed E-state index contributed by atoms with van der Waals surface area (Å²) in [5, 5.41) is 0.497. The Bertz CT molecular complexity index is 397. The van der Waals surface area contributed by atoms with Crippen molar-refractivity contribution in [1.29, 1.82) is 0 Å². The van der Waals surface area contributed by atoms with Crippen LogP contribution in [-0.4, -0.2) is 11.1 Å². The van der Waals surface area contributed by atoms with Gasteiger partial charge >= 0.3 is 0 Å². The molecule has 1 aromatic heterocycles. The summed E-state index contributed by atoms with van der Waals surface area (Å²) in [6.45, 7) is 4.58. The minimum absolute atomic E-state index is 0.231. The molecule has 4 heteroatoms. The average Bonchev–Trinajstić information content (AvgIpc) is 2.27. The zero-order valence-electron chi connectivity index (χ0n) is 10.3. The smallest absolute Gasteiger partial charge is 0.232 e. The molecule has 0 aliphatic heterocycles. The first kappa shape index (κ1) is 12.5. The van der Waals surface area contributed by atoms with Gasteiger partial charge in [-0.05, 0) is 37.2 Å². The van der Waals surface area contributed by atoms with Crippen molar-refractivity contribution in [3.63, 3.8) is 0 Å². The molecule has 1 fully saturated rings. The number of hydrogen-bond acceptors (Lipinski definition) is 3. The molecule has 2 rings (SSSR count). The number of anilines is 1. The Kier molecular flexibility index (Phi) is 3.77. The van der Waals surface area contributed by atoms with Crippen LogP contribution in [0.2, 0.25) is 5.02 Å². The molecule has 3 unspecified atom stereocenters. The number of halogens is 1. The summed E-state index contributed by atoms with van der Waals surface area (Å²) in [7, 11) is 0. The van der Waals surface area contributed by atoms with Crippen LogP contribution < -0.4 is 10.5 Å². The highest BCUT2D eigenvalue weighted by molar-refractivity contribution is 6.32. The Hall–Kier alpha value is -0.960. The van der Waals surface area contributed by atoms with Gasteiger partial charge in [-0.2, -0.15) is 0 Å². The molecule has 1 aromatic rings. The van der Waals surface area contributed by atoms with E-state index in [0.29, 0.717) is 22.5 Å². The highest BCUT2D eigenvalue weighted by Crippen LogP contribution is 2.33. The van der Waals surface area contributed by atoms with Gasteiger partial charge in [0, 0.05) is 0 Å². The molecule has 1 aliphatic carbocycles. The summed E-state index contributed by atoms with van der Waals surface area (Å²) >= 11 is 6.05. The van der Waals surface area contributed by atoms with Crippen LogP contribution >= 0.6 is 11.6 Å². The van der Waals surface area contributed by atoms with Crippen LogP contribution in [-0.2, 0) is 0 Å². The summed E-state index contributed by atoms with van der Waals surface area (Å²) in [4.78, 5) is 4.14. The third kappa shape index (κ3) is 3.03. The first-order valence-corrected chi connectivity index (χ1v) is 6.51. The lowest BCUT2D eigenvalue weighted by Gasteiger charge is -2.32. The van der Waals surface area contributed by atoms with Crippen molar-refractivity contribution in [2.24, 2.45) is 11.8 Å². The Balaban J connectivity index is 2.01. The molecule has 1 heterocycles. The van der Waals surface area contributed by atoms with Gasteiger partial charge in [-0.15, -0.1) is 0 Å². The van der Waals surface area contributed by atoms with Crippen molar-refractivity contribution in [2.75, 3.05) is 5.73 Å². The molecule has 0 bridgehead atoms. The van der Waals surface area contributed by atoms with Gasteiger partial charge < -0.3 is 10.5 Å². The zero-order valence-corrected chi connectivity index (χ0v) is 11.1. The molecule has 0 aromatic carbocycles. The Morgan fingerprint density at radius 2 is 2.12 bits per heavy atom. The highest BCUT2D eigenvalue weighted by Gasteiger charge is 2.26. The minimum Gasteiger partial charge on any atom is -0.473 e. The second-order valence-corrected chi connectivity index (χ2v) is 5.47. The summed E-state index contributed by atoms with van der Waals surface area (Å²) in [6, 6.07) is 1.68. The lowest BCUT2D eigenvalue weighted by Crippen LogP contribution is -2.29. The van der Waals surface area contributed by atoms with E-state index in [0.717, 1.165) is 18.8 Å². The predicted octanol–water partition coefficient (Wildman–Crippen LogP) is 3.52. The molecular formula is C13H19ClN2O. The van der Waals surface area contributed by atoms with E-state index in [-0.39, 0.29) is 6.10 Å². The number of nitrogens with zero attached hydrogens (tertiary/aromatic N) is 1. The molecule has 0 saturated heterocycles. The molecule has 1 saturated carbocycles. The summed E-state index contributed by atoms with van der Waals surface area (Å²) < 4.78 is 5.86. The van der Waals surface area contributed by atoms with E-state index < -0.39 is 0 Å². The van der Waals surface area contributed by atoms with Crippen LogP contribution in [0, 0.1) is 11.8 Å². The van der Waals surface area contributed by atoms with Crippen LogP contribution in [0.4, 0.5) is 5.69 Å². The topological polar surface area (TPSA) is 48.1 Å².